The van der Waals surface area contributed by atoms with Crippen LogP contribution in [0.4, 0.5) is 16.0 Å². The van der Waals surface area contributed by atoms with Gasteiger partial charge in [-0.1, -0.05) is 26.0 Å². The number of aromatic nitrogens is 2. The predicted octanol–water partition coefficient (Wildman–Crippen LogP) is 4.27. The van der Waals surface area contributed by atoms with Gasteiger partial charge in [0, 0.05) is 5.69 Å². The second-order valence-electron chi connectivity index (χ2n) is 5.62. The van der Waals surface area contributed by atoms with Gasteiger partial charge in [0.25, 0.3) is 0 Å². The molecule has 0 radical (unpaired) electrons. The molecule has 3 aromatic rings. The number of benzene rings is 2. The standard InChI is InChI=1S/C17H16FN3O2/c1-9(2)10-3-5-11(6-4-10)19-17-20-13-8-7-12(16(22)23)14(18)15(13)21-17/h3-9H,1-2H3,(H,22,23)(H2,19,20,21). The molecule has 1 heterocycles. The van der Waals surface area contributed by atoms with Crippen molar-refractivity contribution in [2.75, 3.05) is 5.32 Å². The van der Waals surface area contributed by atoms with E-state index < -0.39 is 17.3 Å². The molecule has 0 fully saturated rings. The highest BCUT2D eigenvalue weighted by atomic mass is 19.1. The monoisotopic (exact) mass is 313 g/mol. The Morgan fingerprint density at radius 1 is 1.22 bits per heavy atom. The van der Waals surface area contributed by atoms with E-state index in [1.54, 1.807) is 0 Å². The maximum atomic E-state index is 14.1. The molecule has 2 aromatic carbocycles. The third-order valence-corrected chi connectivity index (χ3v) is 3.66. The number of aromatic carboxylic acids is 1. The lowest BCUT2D eigenvalue weighted by molar-refractivity contribution is 0.0692. The van der Waals surface area contributed by atoms with Gasteiger partial charge in [0.05, 0.1) is 11.1 Å². The molecule has 1 aromatic heterocycles. The van der Waals surface area contributed by atoms with Crippen LogP contribution >= 0.6 is 0 Å². The molecule has 0 aliphatic heterocycles. The number of nitrogens with zero attached hydrogens (tertiary/aromatic N) is 1. The van der Waals surface area contributed by atoms with Crippen LogP contribution in [0.25, 0.3) is 11.0 Å². The van der Waals surface area contributed by atoms with Crippen LogP contribution in [0, 0.1) is 5.82 Å². The summed E-state index contributed by atoms with van der Waals surface area (Å²) in [6.45, 7) is 4.23. The van der Waals surface area contributed by atoms with Crippen molar-refractivity contribution in [2.45, 2.75) is 19.8 Å². The van der Waals surface area contributed by atoms with Crippen LogP contribution in [0.15, 0.2) is 36.4 Å². The van der Waals surface area contributed by atoms with E-state index in [1.807, 2.05) is 24.3 Å². The minimum absolute atomic E-state index is 0.00574. The Hall–Kier alpha value is -2.89. The largest absolute Gasteiger partial charge is 0.478 e. The fraction of sp³-hybridized carbons (Fsp3) is 0.176. The number of rotatable bonds is 4. The third-order valence-electron chi connectivity index (χ3n) is 3.66. The van der Waals surface area contributed by atoms with E-state index in [4.69, 9.17) is 5.11 Å². The normalized spacial score (nSPS) is 11.1. The number of hydrogen-bond donors (Lipinski definition) is 3. The van der Waals surface area contributed by atoms with E-state index in [-0.39, 0.29) is 5.52 Å². The van der Waals surface area contributed by atoms with Gasteiger partial charge >= 0.3 is 5.97 Å². The fourth-order valence-corrected chi connectivity index (χ4v) is 2.35. The van der Waals surface area contributed by atoms with Crippen LogP contribution in [0.1, 0.15) is 35.7 Å². The molecule has 0 spiro atoms. The number of hydrogen-bond acceptors (Lipinski definition) is 3. The zero-order valence-corrected chi connectivity index (χ0v) is 12.7. The highest BCUT2D eigenvalue weighted by Crippen LogP contribution is 2.24. The van der Waals surface area contributed by atoms with E-state index in [2.05, 4.69) is 29.1 Å². The fourth-order valence-electron chi connectivity index (χ4n) is 2.35. The SMILES string of the molecule is CC(C)c1ccc(Nc2nc3c(F)c(C(=O)O)ccc3[nH]2)cc1. The Morgan fingerprint density at radius 2 is 1.91 bits per heavy atom. The minimum atomic E-state index is -1.31. The third kappa shape index (κ3) is 2.88. The zero-order chi connectivity index (χ0) is 16.6. The topological polar surface area (TPSA) is 78.0 Å². The van der Waals surface area contributed by atoms with Crippen molar-refractivity contribution >= 4 is 28.6 Å². The molecule has 0 aliphatic carbocycles. The first-order valence-electron chi connectivity index (χ1n) is 7.24. The number of fused-ring (bicyclic) bond motifs is 1. The molecule has 3 N–H and O–H groups in total. The Labute approximate surface area is 132 Å². The molecule has 5 nitrogen and oxygen atoms in total. The number of carbonyl (C=O) groups is 1. The van der Waals surface area contributed by atoms with Crippen LogP contribution < -0.4 is 5.32 Å². The maximum absolute atomic E-state index is 14.1. The van der Waals surface area contributed by atoms with Crippen LogP contribution in [0.5, 0.6) is 0 Å². The number of carboxylic acids is 1. The molecule has 118 valence electrons. The first-order chi connectivity index (χ1) is 11.0. The highest BCUT2D eigenvalue weighted by Gasteiger charge is 2.16. The molecule has 0 atom stereocenters. The lowest BCUT2D eigenvalue weighted by Gasteiger charge is -2.07. The van der Waals surface area contributed by atoms with Crippen molar-refractivity contribution in [2.24, 2.45) is 0 Å². The summed E-state index contributed by atoms with van der Waals surface area (Å²) in [6, 6.07) is 10.6. The van der Waals surface area contributed by atoms with Crippen molar-refractivity contribution < 1.29 is 14.3 Å². The Kier molecular flexibility index (Phi) is 3.73. The van der Waals surface area contributed by atoms with Crippen LogP contribution in [0.3, 0.4) is 0 Å². The van der Waals surface area contributed by atoms with E-state index in [9.17, 15) is 9.18 Å². The lowest BCUT2D eigenvalue weighted by atomic mass is 10.0. The summed E-state index contributed by atoms with van der Waals surface area (Å²) in [6.07, 6.45) is 0. The molecular weight excluding hydrogens is 297 g/mol. The van der Waals surface area contributed by atoms with Crippen molar-refractivity contribution in [3.8, 4) is 0 Å². The van der Waals surface area contributed by atoms with Gasteiger partial charge < -0.3 is 15.4 Å². The van der Waals surface area contributed by atoms with Crippen LogP contribution in [0.2, 0.25) is 0 Å². The average molecular weight is 313 g/mol. The molecule has 0 saturated heterocycles. The molecular formula is C17H16FN3O2. The number of nitrogens with one attached hydrogen (secondary N) is 2. The van der Waals surface area contributed by atoms with Gasteiger partial charge in [-0.25, -0.2) is 14.2 Å². The quantitative estimate of drug-likeness (QED) is 0.672. The van der Waals surface area contributed by atoms with Gasteiger partial charge in [-0.05, 0) is 35.7 Å². The Morgan fingerprint density at radius 3 is 2.52 bits per heavy atom. The van der Waals surface area contributed by atoms with E-state index >= 15 is 0 Å². The van der Waals surface area contributed by atoms with Gasteiger partial charge in [0.1, 0.15) is 5.52 Å². The van der Waals surface area contributed by atoms with Crippen molar-refractivity contribution in [3.05, 3.63) is 53.3 Å². The van der Waals surface area contributed by atoms with Crippen LogP contribution in [-0.4, -0.2) is 21.0 Å². The number of aromatic amines is 1. The molecule has 6 heteroatoms. The number of halogens is 1. The molecule has 0 saturated carbocycles. The lowest BCUT2D eigenvalue weighted by Crippen LogP contribution is -2.00. The van der Waals surface area contributed by atoms with Gasteiger partial charge in [-0.15, -0.1) is 0 Å². The van der Waals surface area contributed by atoms with E-state index in [0.717, 1.165) is 5.69 Å². The number of carboxylic acid groups (broad SMARTS) is 1. The Balaban J connectivity index is 1.91. The van der Waals surface area contributed by atoms with Crippen molar-refractivity contribution in [1.82, 2.24) is 9.97 Å². The summed E-state index contributed by atoms with van der Waals surface area (Å²) in [4.78, 5) is 18.0. The first kappa shape index (κ1) is 15.0. The number of anilines is 2. The van der Waals surface area contributed by atoms with Gasteiger partial charge in [-0.2, -0.15) is 0 Å². The van der Waals surface area contributed by atoms with E-state index in [0.29, 0.717) is 17.4 Å². The second kappa shape index (κ2) is 5.72. The summed E-state index contributed by atoms with van der Waals surface area (Å²) >= 11 is 0. The smallest absolute Gasteiger partial charge is 0.338 e. The van der Waals surface area contributed by atoms with Crippen LogP contribution in [-0.2, 0) is 0 Å². The zero-order valence-electron chi connectivity index (χ0n) is 12.7. The van der Waals surface area contributed by atoms with Crippen molar-refractivity contribution in [1.29, 1.82) is 0 Å². The average Bonchev–Trinajstić information content (AvgIpc) is 2.91. The molecule has 23 heavy (non-hydrogen) atoms. The maximum Gasteiger partial charge on any atom is 0.338 e. The minimum Gasteiger partial charge on any atom is -0.478 e. The molecule has 0 aliphatic rings. The molecule has 0 unspecified atom stereocenters. The van der Waals surface area contributed by atoms with Crippen molar-refractivity contribution in [3.63, 3.8) is 0 Å². The summed E-state index contributed by atoms with van der Waals surface area (Å²) in [7, 11) is 0. The molecule has 0 bridgehead atoms. The summed E-state index contributed by atoms with van der Waals surface area (Å²) in [5, 5.41) is 12.0. The predicted molar refractivity (Wildman–Crippen MR) is 86.8 cm³/mol. The summed E-state index contributed by atoms with van der Waals surface area (Å²) in [5.41, 5.74) is 2.08. The van der Waals surface area contributed by atoms with Gasteiger partial charge in [0.15, 0.2) is 5.82 Å². The van der Waals surface area contributed by atoms with E-state index in [1.165, 1.54) is 17.7 Å². The highest BCUT2D eigenvalue weighted by molar-refractivity contribution is 5.93. The van der Waals surface area contributed by atoms with Gasteiger partial charge in [0.2, 0.25) is 5.95 Å². The summed E-state index contributed by atoms with van der Waals surface area (Å²) < 4.78 is 14.1. The van der Waals surface area contributed by atoms with Gasteiger partial charge in [-0.3, -0.25) is 0 Å². The summed E-state index contributed by atoms with van der Waals surface area (Å²) in [5.74, 6) is -1.35. The second-order valence-corrected chi connectivity index (χ2v) is 5.62. The number of imidazole rings is 1. The molecule has 3 rings (SSSR count). The first-order valence-corrected chi connectivity index (χ1v) is 7.24. The number of H-pyrrole nitrogens is 1. The molecule has 0 amide bonds. The Bertz CT molecular complexity index is 869.